The summed E-state index contributed by atoms with van der Waals surface area (Å²) in [6.45, 7) is 0.695. The Kier molecular flexibility index (Phi) is 3.47. The topological polar surface area (TPSA) is 98.9 Å². The van der Waals surface area contributed by atoms with Crippen molar-refractivity contribution in [3.05, 3.63) is 17.7 Å². The molecule has 0 saturated carbocycles. The van der Waals surface area contributed by atoms with E-state index in [1.807, 2.05) is 0 Å². The van der Waals surface area contributed by atoms with E-state index in [0.29, 0.717) is 24.7 Å². The molecule has 0 fully saturated rings. The molecule has 1 atom stereocenters. The number of nitrogens with two attached hydrogens (primary N) is 1. The van der Waals surface area contributed by atoms with Crippen LogP contribution in [-0.4, -0.2) is 39.5 Å². The smallest absolute Gasteiger partial charge is 0.176 e. The van der Waals surface area contributed by atoms with Crippen LogP contribution in [0.15, 0.2) is 17.0 Å². The van der Waals surface area contributed by atoms with Crippen LogP contribution < -0.4 is 15.2 Å². The molecule has 0 aliphatic carbocycles. The summed E-state index contributed by atoms with van der Waals surface area (Å²) in [5, 5.41) is 9.79. The molecule has 1 unspecified atom stereocenters. The highest BCUT2D eigenvalue weighted by Crippen LogP contribution is 2.37. The third-order valence-corrected chi connectivity index (χ3v) is 3.81. The lowest BCUT2D eigenvalue weighted by molar-refractivity contribution is 0.164. The van der Waals surface area contributed by atoms with Crippen molar-refractivity contribution in [2.24, 2.45) is 5.73 Å². The molecule has 0 amide bonds. The molecule has 1 aromatic rings. The molecular formula is C11H15NO5S. The minimum Gasteiger partial charge on any atom is -0.486 e. The maximum atomic E-state index is 11.7. The summed E-state index contributed by atoms with van der Waals surface area (Å²) >= 11 is 0. The van der Waals surface area contributed by atoms with Gasteiger partial charge in [-0.2, -0.15) is 0 Å². The zero-order valence-corrected chi connectivity index (χ0v) is 10.7. The highest BCUT2D eigenvalue weighted by atomic mass is 32.2. The van der Waals surface area contributed by atoms with Crippen LogP contribution >= 0.6 is 0 Å². The van der Waals surface area contributed by atoms with E-state index < -0.39 is 15.9 Å². The van der Waals surface area contributed by atoms with Crippen molar-refractivity contribution in [2.45, 2.75) is 11.0 Å². The molecule has 1 aliphatic rings. The number of benzene rings is 1. The van der Waals surface area contributed by atoms with E-state index in [1.54, 1.807) is 0 Å². The third-order valence-electron chi connectivity index (χ3n) is 2.66. The molecule has 6 nitrogen and oxygen atoms in total. The largest absolute Gasteiger partial charge is 0.486 e. The van der Waals surface area contributed by atoms with Crippen molar-refractivity contribution < 1.29 is 23.0 Å². The van der Waals surface area contributed by atoms with Gasteiger partial charge in [-0.1, -0.05) is 0 Å². The molecule has 0 aromatic heterocycles. The molecule has 1 aliphatic heterocycles. The second-order valence-electron chi connectivity index (χ2n) is 4.06. The molecule has 2 rings (SSSR count). The van der Waals surface area contributed by atoms with Gasteiger partial charge in [-0.15, -0.1) is 0 Å². The van der Waals surface area contributed by atoms with Gasteiger partial charge in [0.15, 0.2) is 21.3 Å². The van der Waals surface area contributed by atoms with Gasteiger partial charge in [0.25, 0.3) is 0 Å². The predicted molar refractivity (Wildman–Crippen MR) is 64.6 cm³/mol. The van der Waals surface area contributed by atoms with Crippen LogP contribution in [-0.2, 0) is 9.84 Å². The number of hydrogen-bond donors (Lipinski definition) is 2. The average molecular weight is 273 g/mol. The maximum absolute atomic E-state index is 11.7. The second kappa shape index (κ2) is 4.75. The van der Waals surface area contributed by atoms with E-state index in [1.165, 1.54) is 12.1 Å². The maximum Gasteiger partial charge on any atom is 0.176 e. The molecule has 100 valence electrons. The molecule has 18 heavy (non-hydrogen) atoms. The number of sulfone groups is 1. The Morgan fingerprint density at radius 2 is 1.89 bits per heavy atom. The van der Waals surface area contributed by atoms with Gasteiger partial charge in [0.05, 0.1) is 11.0 Å². The fourth-order valence-electron chi connectivity index (χ4n) is 1.79. The Bertz CT molecular complexity index is 555. The highest BCUT2D eigenvalue weighted by Gasteiger charge is 2.24. The number of hydrogen-bond acceptors (Lipinski definition) is 6. The first-order chi connectivity index (χ1) is 8.43. The Morgan fingerprint density at radius 1 is 1.33 bits per heavy atom. The fraction of sp³-hybridized carbons (Fsp3) is 0.455. The van der Waals surface area contributed by atoms with Gasteiger partial charge in [0.2, 0.25) is 0 Å². The zero-order valence-electron chi connectivity index (χ0n) is 9.92. The van der Waals surface area contributed by atoms with Gasteiger partial charge in [0.1, 0.15) is 13.2 Å². The van der Waals surface area contributed by atoms with Gasteiger partial charge in [0, 0.05) is 24.4 Å². The summed E-state index contributed by atoms with van der Waals surface area (Å²) in [7, 11) is -3.47. The summed E-state index contributed by atoms with van der Waals surface area (Å²) in [6.07, 6.45) is 0.0241. The number of aliphatic hydroxyl groups is 1. The van der Waals surface area contributed by atoms with E-state index in [4.69, 9.17) is 15.2 Å². The Balaban J connectivity index is 2.62. The number of fused-ring (bicyclic) bond motifs is 1. The normalized spacial score (nSPS) is 16.4. The van der Waals surface area contributed by atoms with Crippen molar-refractivity contribution in [1.29, 1.82) is 0 Å². The van der Waals surface area contributed by atoms with Crippen molar-refractivity contribution in [1.82, 2.24) is 0 Å². The van der Waals surface area contributed by atoms with Crippen LogP contribution in [0.4, 0.5) is 0 Å². The van der Waals surface area contributed by atoms with Gasteiger partial charge in [-0.25, -0.2) is 8.42 Å². The highest BCUT2D eigenvalue weighted by molar-refractivity contribution is 7.90. The fourth-order valence-corrected chi connectivity index (χ4v) is 2.74. The summed E-state index contributed by atoms with van der Waals surface area (Å²) in [6, 6.07) is 2.85. The quantitative estimate of drug-likeness (QED) is 0.795. The lowest BCUT2D eigenvalue weighted by Crippen LogP contribution is -2.19. The Labute approximate surface area is 105 Å². The number of aliphatic hydroxyl groups excluding tert-OH is 1. The van der Waals surface area contributed by atoms with Crippen LogP contribution in [0.3, 0.4) is 0 Å². The van der Waals surface area contributed by atoms with Crippen molar-refractivity contribution in [2.75, 3.05) is 26.0 Å². The van der Waals surface area contributed by atoms with Gasteiger partial charge >= 0.3 is 0 Å². The third kappa shape index (κ3) is 2.43. The molecule has 0 radical (unpaired) electrons. The zero-order chi connectivity index (χ0) is 13.3. The van der Waals surface area contributed by atoms with Crippen LogP contribution in [0.1, 0.15) is 11.7 Å². The van der Waals surface area contributed by atoms with E-state index in [2.05, 4.69) is 0 Å². The molecule has 3 N–H and O–H groups in total. The summed E-state index contributed by atoms with van der Waals surface area (Å²) < 4.78 is 34.1. The molecule has 0 saturated heterocycles. The predicted octanol–water partition coefficient (Wildman–Crippen LogP) is -0.147. The molecule has 7 heteroatoms. The minimum absolute atomic E-state index is 0.0182. The first-order valence-corrected chi connectivity index (χ1v) is 7.34. The Morgan fingerprint density at radius 3 is 2.39 bits per heavy atom. The first kappa shape index (κ1) is 13.1. The molecular weight excluding hydrogens is 258 g/mol. The van der Waals surface area contributed by atoms with E-state index in [9.17, 15) is 13.5 Å². The second-order valence-corrected chi connectivity index (χ2v) is 6.04. The SMILES string of the molecule is CS(=O)(=O)c1cc2c(cc1C(O)CN)OCCO2. The van der Waals surface area contributed by atoms with Crippen molar-refractivity contribution in [3.63, 3.8) is 0 Å². The van der Waals surface area contributed by atoms with Crippen molar-refractivity contribution >= 4 is 9.84 Å². The summed E-state index contributed by atoms with van der Waals surface area (Å²) in [4.78, 5) is 0.0182. The van der Waals surface area contributed by atoms with E-state index in [-0.39, 0.29) is 17.0 Å². The summed E-state index contributed by atoms with van der Waals surface area (Å²) in [5.41, 5.74) is 5.62. The van der Waals surface area contributed by atoms with Crippen LogP contribution in [0, 0.1) is 0 Å². The average Bonchev–Trinajstić information content (AvgIpc) is 2.35. The molecule has 1 heterocycles. The van der Waals surface area contributed by atoms with Crippen LogP contribution in [0.2, 0.25) is 0 Å². The van der Waals surface area contributed by atoms with Crippen LogP contribution in [0.5, 0.6) is 11.5 Å². The monoisotopic (exact) mass is 273 g/mol. The Hall–Kier alpha value is -1.31. The van der Waals surface area contributed by atoms with Crippen LogP contribution in [0.25, 0.3) is 0 Å². The lowest BCUT2D eigenvalue weighted by Gasteiger charge is -2.22. The molecule has 0 bridgehead atoms. The standard InChI is InChI=1S/C11H15NO5S/c1-18(14,15)11-5-10-9(16-2-3-17-10)4-7(11)8(13)6-12/h4-5,8,13H,2-3,6,12H2,1H3. The first-order valence-electron chi connectivity index (χ1n) is 5.45. The molecule has 0 spiro atoms. The lowest BCUT2D eigenvalue weighted by atomic mass is 10.1. The van der Waals surface area contributed by atoms with Crippen molar-refractivity contribution in [3.8, 4) is 11.5 Å². The van der Waals surface area contributed by atoms with Gasteiger partial charge in [-0.05, 0) is 6.07 Å². The number of ether oxygens (including phenoxy) is 2. The van der Waals surface area contributed by atoms with E-state index >= 15 is 0 Å². The minimum atomic E-state index is -3.47. The summed E-state index contributed by atoms with van der Waals surface area (Å²) in [5.74, 6) is 0.797. The van der Waals surface area contributed by atoms with Gasteiger partial charge < -0.3 is 20.3 Å². The van der Waals surface area contributed by atoms with E-state index in [0.717, 1.165) is 6.26 Å². The van der Waals surface area contributed by atoms with Gasteiger partial charge in [-0.3, -0.25) is 0 Å². The molecule has 1 aromatic carbocycles. The number of rotatable bonds is 3.